The molecule has 6 nitrogen and oxygen atoms in total. The predicted octanol–water partition coefficient (Wildman–Crippen LogP) is 2.66. The number of pyridine rings is 1. The molecule has 0 aliphatic heterocycles. The van der Waals surface area contributed by atoms with E-state index in [1.165, 1.54) is 0 Å². The fraction of sp³-hybridized carbons (Fsp3) is 0.0625. The van der Waals surface area contributed by atoms with Gasteiger partial charge in [-0.3, -0.25) is 4.79 Å². The number of rotatable bonds is 5. The molecule has 110 valence electrons. The van der Waals surface area contributed by atoms with Crippen LogP contribution in [-0.2, 0) is 11.3 Å². The van der Waals surface area contributed by atoms with Crippen LogP contribution < -0.4 is 10.6 Å². The highest BCUT2D eigenvalue weighted by Gasteiger charge is 2.08. The summed E-state index contributed by atoms with van der Waals surface area (Å²) in [6.07, 6.45) is 6.66. The van der Waals surface area contributed by atoms with Crippen molar-refractivity contribution in [3.63, 3.8) is 0 Å². The van der Waals surface area contributed by atoms with Crippen molar-refractivity contribution in [1.29, 1.82) is 0 Å². The van der Waals surface area contributed by atoms with Gasteiger partial charge in [0.2, 0.25) is 5.91 Å². The number of aromatic nitrogens is 3. The van der Waals surface area contributed by atoms with Crippen molar-refractivity contribution >= 4 is 23.1 Å². The molecule has 0 saturated heterocycles. The van der Waals surface area contributed by atoms with E-state index in [2.05, 4.69) is 20.6 Å². The molecule has 0 unspecified atom stereocenters. The number of imidazole rings is 1. The highest BCUT2D eigenvalue weighted by atomic mass is 16.1. The molecule has 0 saturated carbocycles. The molecule has 2 heterocycles. The van der Waals surface area contributed by atoms with E-state index >= 15 is 0 Å². The third-order valence-corrected chi connectivity index (χ3v) is 3.00. The van der Waals surface area contributed by atoms with Crippen LogP contribution in [0.5, 0.6) is 0 Å². The molecule has 1 aromatic carbocycles. The number of nitrogens with zero attached hydrogens (tertiary/aromatic N) is 3. The Morgan fingerprint density at radius 3 is 2.73 bits per heavy atom. The van der Waals surface area contributed by atoms with E-state index in [0.29, 0.717) is 11.5 Å². The molecule has 3 aromatic rings. The van der Waals surface area contributed by atoms with E-state index in [-0.39, 0.29) is 12.5 Å². The van der Waals surface area contributed by atoms with Gasteiger partial charge in [0, 0.05) is 24.3 Å². The Kier molecular flexibility index (Phi) is 4.10. The fourth-order valence-corrected chi connectivity index (χ4v) is 2.00. The second-order valence-corrected chi connectivity index (χ2v) is 4.67. The minimum Gasteiger partial charge on any atom is -0.339 e. The standard InChI is InChI=1S/C16H15N5O/c22-15(11-21-10-9-17-12-21)20-14-7-4-8-18-16(14)19-13-5-2-1-3-6-13/h1-10,12H,11H2,(H,18,19)(H,20,22). The fourth-order valence-electron chi connectivity index (χ4n) is 2.00. The molecule has 2 aromatic heterocycles. The maximum Gasteiger partial charge on any atom is 0.244 e. The molecule has 3 rings (SSSR count). The quantitative estimate of drug-likeness (QED) is 0.758. The lowest BCUT2D eigenvalue weighted by molar-refractivity contribution is -0.116. The van der Waals surface area contributed by atoms with Gasteiger partial charge in [0.15, 0.2) is 5.82 Å². The summed E-state index contributed by atoms with van der Waals surface area (Å²) < 4.78 is 1.70. The Bertz CT molecular complexity index is 740. The summed E-state index contributed by atoms with van der Waals surface area (Å²) in [6, 6.07) is 13.3. The minimum atomic E-state index is -0.137. The summed E-state index contributed by atoms with van der Waals surface area (Å²) in [5.41, 5.74) is 1.54. The van der Waals surface area contributed by atoms with Crippen molar-refractivity contribution in [2.75, 3.05) is 10.6 Å². The van der Waals surface area contributed by atoms with Crippen molar-refractivity contribution in [3.8, 4) is 0 Å². The predicted molar refractivity (Wildman–Crippen MR) is 84.8 cm³/mol. The van der Waals surface area contributed by atoms with Gasteiger partial charge in [0.25, 0.3) is 0 Å². The summed E-state index contributed by atoms with van der Waals surface area (Å²) >= 11 is 0. The normalized spacial score (nSPS) is 10.2. The molecule has 0 aliphatic rings. The van der Waals surface area contributed by atoms with Crippen molar-refractivity contribution in [3.05, 3.63) is 67.4 Å². The zero-order valence-corrected chi connectivity index (χ0v) is 11.8. The van der Waals surface area contributed by atoms with Gasteiger partial charge in [-0.05, 0) is 24.3 Å². The van der Waals surface area contributed by atoms with Gasteiger partial charge in [-0.25, -0.2) is 9.97 Å². The van der Waals surface area contributed by atoms with Crippen LogP contribution in [0, 0.1) is 0 Å². The molecule has 0 spiro atoms. The van der Waals surface area contributed by atoms with Gasteiger partial charge in [0.05, 0.1) is 12.0 Å². The number of carbonyl (C=O) groups excluding carboxylic acids is 1. The van der Waals surface area contributed by atoms with Gasteiger partial charge in [-0.2, -0.15) is 0 Å². The Labute approximate surface area is 127 Å². The summed E-state index contributed by atoms with van der Waals surface area (Å²) in [5.74, 6) is 0.467. The number of hydrogen-bond donors (Lipinski definition) is 2. The molecule has 0 bridgehead atoms. The van der Waals surface area contributed by atoms with E-state index in [1.807, 2.05) is 36.4 Å². The number of hydrogen-bond acceptors (Lipinski definition) is 4. The molecule has 22 heavy (non-hydrogen) atoms. The summed E-state index contributed by atoms with van der Waals surface area (Å²) in [7, 11) is 0. The number of nitrogens with one attached hydrogen (secondary N) is 2. The van der Waals surface area contributed by atoms with Crippen LogP contribution in [0.2, 0.25) is 0 Å². The first-order chi connectivity index (χ1) is 10.8. The molecular weight excluding hydrogens is 278 g/mol. The number of para-hydroxylation sites is 1. The maximum absolute atomic E-state index is 12.1. The van der Waals surface area contributed by atoms with Crippen LogP contribution in [-0.4, -0.2) is 20.4 Å². The van der Waals surface area contributed by atoms with E-state index in [0.717, 1.165) is 5.69 Å². The average Bonchev–Trinajstić information content (AvgIpc) is 3.03. The number of carbonyl (C=O) groups is 1. The van der Waals surface area contributed by atoms with E-state index in [4.69, 9.17) is 0 Å². The van der Waals surface area contributed by atoms with Gasteiger partial charge in [-0.1, -0.05) is 18.2 Å². The second kappa shape index (κ2) is 6.53. The summed E-state index contributed by atoms with van der Waals surface area (Å²) in [6.45, 7) is 0.208. The lowest BCUT2D eigenvalue weighted by Gasteiger charge is -2.12. The summed E-state index contributed by atoms with van der Waals surface area (Å²) in [4.78, 5) is 20.3. The molecule has 0 fully saturated rings. The lowest BCUT2D eigenvalue weighted by Crippen LogP contribution is -2.18. The van der Waals surface area contributed by atoms with Crippen LogP contribution in [0.3, 0.4) is 0 Å². The third-order valence-electron chi connectivity index (χ3n) is 3.00. The van der Waals surface area contributed by atoms with E-state index < -0.39 is 0 Å². The number of benzene rings is 1. The Morgan fingerprint density at radius 2 is 1.95 bits per heavy atom. The Morgan fingerprint density at radius 1 is 1.09 bits per heavy atom. The second-order valence-electron chi connectivity index (χ2n) is 4.67. The van der Waals surface area contributed by atoms with Crippen molar-refractivity contribution in [2.24, 2.45) is 0 Å². The first-order valence-electron chi connectivity index (χ1n) is 6.84. The SMILES string of the molecule is O=C(Cn1ccnc1)Nc1cccnc1Nc1ccccc1. The lowest BCUT2D eigenvalue weighted by atomic mass is 10.3. The van der Waals surface area contributed by atoms with Crippen molar-refractivity contribution in [2.45, 2.75) is 6.54 Å². The van der Waals surface area contributed by atoms with Gasteiger partial charge >= 0.3 is 0 Å². The van der Waals surface area contributed by atoms with Gasteiger partial charge in [0.1, 0.15) is 6.54 Å². The highest BCUT2D eigenvalue weighted by molar-refractivity contribution is 5.93. The molecule has 0 radical (unpaired) electrons. The first-order valence-corrected chi connectivity index (χ1v) is 6.84. The number of amides is 1. The monoisotopic (exact) mass is 293 g/mol. The summed E-state index contributed by atoms with van der Waals surface area (Å²) in [5, 5.41) is 6.05. The van der Waals surface area contributed by atoms with Gasteiger partial charge in [-0.15, -0.1) is 0 Å². The number of anilines is 3. The van der Waals surface area contributed by atoms with Crippen LogP contribution in [0.25, 0.3) is 0 Å². The average molecular weight is 293 g/mol. The van der Waals surface area contributed by atoms with E-state index in [1.54, 1.807) is 35.6 Å². The third kappa shape index (κ3) is 3.49. The van der Waals surface area contributed by atoms with Gasteiger partial charge < -0.3 is 15.2 Å². The Balaban J connectivity index is 1.72. The first kappa shape index (κ1) is 13.8. The topological polar surface area (TPSA) is 71.8 Å². The van der Waals surface area contributed by atoms with Crippen LogP contribution >= 0.6 is 0 Å². The molecule has 6 heteroatoms. The molecule has 1 amide bonds. The zero-order chi connectivity index (χ0) is 15.2. The minimum absolute atomic E-state index is 0.137. The largest absolute Gasteiger partial charge is 0.339 e. The van der Waals surface area contributed by atoms with Crippen LogP contribution in [0.15, 0.2) is 67.4 Å². The molecule has 0 atom stereocenters. The Hall–Kier alpha value is -3.15. The van der Waals surface area contributed by atoms with Crippen molar-refractivity contribution < 1.29 is 4.79 Å². The maximum atomic E-state index is 12.1. The zero-order valence-electron chi connectivity index (χ0n) is 11.8. The smallest absolute Gasteiger partial charge is 0.244 e. The van der Waals surface area contributed by atoms with E-state index in [9.17, 15) is 4.79 Å². The molecule has 0 aliphatic carbocycles. The van der Waals surface area contributed by atoms with Crippen LogP contribution in [0.1, 0.15) is 0 Å². The highest BCUT2D eigenvalue weighted by Crippen LogP contribution is 2.22. The molecule has 2 N–H and O–H groups in total. The molecular formula is C16H15N5O. The van der Waals surface area contributed by atoms with Crippen LogP contribution in [0.4, 0.5) is 17.2 Å². The van der Waals surface area contributed by atoms with Crippen molar-refractivity contribution in [1.82, 2.24) is 14.5 Å².